The van der Waals surface area contributed by atoms with E-state index in [1.807, 2.05) is 36.4 Å². The summed E-state index contributed by atoms with van der Waals surface area (Å²) >= 11 is 1.11. The molecule has 0 bridgehead atoms. The molecule has 29 heavy (non-hydrogen) atoms. The van der Waals surface area contributed by atoms with Crippen molar-refractivity contribution in [2.75, 3.05) is 11.5 Å². The molecule has 8 heteroatoms. The molecule has 1 atom stereocenters. The van der Waals surface area contributed by atoms with Crippen molar-refractivity contribution in [2.45, 2.75) is 19.4 Å². The summed E-state index contributed by atoms with van der Waals surface area (Å²) in [6.07, 6.45) is 0.387. The molecule has 0 spiro atoms. The highest BCUT2D eigenvalue weighted by molar-refractivity contribution is 7.15. The van der Waals surface area contributed by atoms with Gasteiger partial charge in [0, 0.05) is 4.88 Å². The second kappa shape index (κ2) is 8.82. The van der Waals surface area contributed by atoms with Gasteiger partial charge in [0.15, 0.2) is 10.8 Å². The highest BCUT2D eigenvalue weighted by Gasteiger charge is 2.28. The number of carbonyl (C=O) groups is 1. The van der Waals surface area contributed by atoms with Crippen LogP contribution < -0.4 is 4.90 Å². The fraction of sp³-hybridized carbons (Fsp3) is 0.190. The Morgan fingerprint density at radius 3 is 2.59 bits per heavy atom. The number of nitriles is 1. The summed E-state index contributed by atoms with van der Waals surface area (Å²) in [7, 11) is 0. The minimum Gasteiger partial charge on any atom is -0.476 e. The highest BCUT2D eigenvalue weighted by Crippen LogP contribution is 2.36. The predicted octanol–water partition coefficient (Wildman–Crippen LogP) is 3.90. The van der Waals surface area contributed by atoms with Gasteiger partial charge < -0.3 is 15.1 Å². The van der Waals surface area contributed by atoms with Crippen LogP contribution >= 0.6 is 11.3 Å². The lowest BCUT2D eigenvalue weighted by atomic mass is 10.0. The lowest BCUT2D eigenvalue weighted by molar-refractivity contribution is 0.0690. The van der Waals surface area contributed by atoms with Gasteiger partial charge in [0.05, 0.1) is 30.0 Å². The van der Waals surface area contributed by atoms with Crippen molar-refractivity contribution < 1.29 is 19.4 Å². The first-order valence-corrected chi connectivity index (χ1v) is 9.60. The zero-order valence-electron chi connectivity index (χ0n) is 15.5. The molecule has 3 aromatic rings. The maximum absolute atomic E-state index is 14.9. The Morgan fingerprint density at radius 1 is 1.31 bits per heavy atom. The highest BCUT2D eigenvalue weighted by atomic mass is 32.1. The largest absolute Gasteiger partial charge is 0.476 e. The van der Waals surface area contributed by atoms with Gasteiger partial charge in [-0.25, -0.2) is 14.2 Å². The first kappa shape index (κ1) is 20.5. The van der Waals surface area contributed by atoms with E-state index in [0.717, 1.165) is 23.0 Å². The van der Waals surface area contributed by atoms with Crippen molar-refractivity contribution in [1.29, 1.82) is 5.26 Å². The fourth-order valence-electron chi connectivity index (χ4n) is 3.04. The molecular formula is C21H18FN3O3S. The molecule has 0 saturated heterocycles. The van der Waals surface area contributed by atoms with Gasteiger partial charge in [-0.05, 0) is 37.1 Å². The molecule has 6 nitrogen and oxygen atoms in total. The monoisotopic (exact) mass is 411 g/mol. The number of aromatic carboxylic acids is 1. The second-order valence-electron chi connectivity index (χ2n) is 6.38. The summed E-state index contributed by atoms with van der Waals surface area (Å²) in [5.41, 5.74) is 1.10. The number of aryl methyl sites for hydroxylation is 1. The lowest BCUT2D eigenvalue weighted by Crippen LogP contribution is -2.36. The second-order valence-corrected chi connectivity index (χ2v) is 7.56. The van der Waals surface area contributed by atoms with E-state index in [-0.39, 0.29) is 28.7 Å². The smallest absolute Gasteiger partial charge is 0.355 e. The third-order valence-corrected chi connectivity index (χ3v) is 5.39. The third-order valence-electron chi connectivity index (χ3n) is 4.42. The molecule has 3 rings (SSSR count). The summed E-state index contributed by atoms with van der Waals surface area (Å²) in [6, 6.07) is 14.7. The number of nitrogens with zero attached hydrogens (tertiary/aromatic N) is 3. The van der Waals surface area contributed by atoms with E-state index in [1.165, 1.54) is 17.0 Å². The maximum atomic E-state index is 14.9. The summed E-state index contributed by atoms with van der Waals surface area (Å²) in [4.78, 5) is 17.6. The fourth-order valence-corrected chi connectivity index (χ4v) is 4.02. The van der Waals surface area contributed by atoms with Crippen molar-refractivity contribution in [3.05, 3.63) is 76.0 Å². The molecule has 148 valence electrons. The molecule has 0 unspecified atom stereocenters. The molecular weight excluding hydrogens is 393 g/mol. The molecule has 2 aromatic carbocycles. The Hall–Kier alpha value is -3.28. The lowest BCUT2D eigenvalue weighted by Gasteiger charge is -2.31. The topological polar surface area (TPSA) is 97.5 Å². The number of anilines is 2. The predicted molar refractivity (Wildman–Crippen MR) is 108 cm³/mol. The van der Waals surface area contributed by atoms with Gasteiger partial charge >= 0.3 is 5.97 Å². The standard InChI is InChI=1S/C21H18FN3O3S/c1-13-19(20(27)28)24-21(29-13)25(18-8-7-15(11-23)10-17(18)22)16(12-26)9-14-5-3-2-4-6-14/h2-8,10,16,26H,9,12H2,1H3,(H,27,28)/t16-/m1/s1. The quantitative estimate of drug-likeness (QED) is 0.612. The van der Waals surface area contributed by atoms with Gasteiger partial charge in [0.1, 0.15) is 5.82 Å². The van der Waals surface area contributed by atoms with Crippen LogP contribution in [0.1, 0.15) is 26.5 Å². The molecule has 0 amide bonds. The summed E-state index contributed by atoms with van der Waals surface area (Å²) in [5.74, 6) is -1.82. The van der Waals surface area contributed by atoms with E-state index in [1.54, 1.807) is 6.92 Å². The van der Waals surface area contributed by atoms with Gasteiger partial charge in [-0.15, -0.1) is 11.3 Å². The molecule has 0 saturated carbocycles. The van der Waals surface area contributed by atoms with Crippen molar-refractivity contribution in [3.63, 3.8) is 0 Å². The maximum Gasteiger partial charge on any atom is 0.355 e. The zero-order chi connectivity index (χ0) is 21.0. The summed E-state index contributed by atoms with van der Waals surface area (Å²) in [6.45, 7) is 1.32. The normalized spacial score (nSPS) is 11.7. The van der Waals surface area contributed by atoms with Crippen LogP contribution in [0.2, 0.25) is 0 Å². The van der Waals surface area contributed by atoms with Crippen LogP contribution in [-0.4, -0.2) is 33.8 Å². The minimum atomic E-state index is -1.17. The number of thiazole rings is 1. The van der Waals surface area contributed by atoms with Gasteiger partial charge in [-0.1, -0.05) is 30.3 Å². The van der Waals surface area contributed by atoms with E-state index >= 15 is 0 Å². The number of halogens is 1. The Bertz CT molecular complexity index is 1060. The van der Waals surface area contributed by atoms with Crippen LogP contribution in [0.4, 0.5) is 15.2 Å². The Balaban J connectivity index is 2.11. The van der Waals surface area contributed by atoms with Crippen molar-refractivity contribution in [3.8, 4) is 6.07 Å². The Kier molecular flexibility index (Phi) is 6.22. The average Bonchev–Trinajstić information content (AvgIpc) is 3.10. The molecule has 1 aromatic heterocycles. The number of aliphatic hydroxyl groups excluding tert-OH is 1. The first-order chi connectivity index (χ1) is 13.9. The molecule has 2 N–H and O–H groups in total. The Morgan fingerprint density at radius 2 is 2.03 bits per heavy atom. The average molecular weight is 411 g/mol. The van der Waals surface area contributed by atoms with Crippen molar-refractivity contribution in [1.82, 2.24) is 4.98 Å². The molecule has 0 fully saturated rings. The number of carboxylic acid groups (broad SMARTS) is 1. The van der Waals surface area contributed by atoms with Gasteiger partial charge in [0.2, 0.25) is 0 Å². The van der Waals surface area contributed by atoms with Crippen LogP contribution in [0.5, 0.6) is 0 Å². The van der Waals surface area contributed by atoms with Gasteiger partial charge in [-0.2, -0.15) is 5.26 Å². The van der Waals surface area contributed by atoms with E-state index in [9.17, 15) is 19.4 Å². The number of benzene rings is 2. The molecule has 0 aliphatic rings. The van der Waals surface area contributed by atoms with E-state index in [4.69, 9.17) is 5.26 Å². The van der Waals surface area contributed by atoms with E-state index in [0.29, 0.717) is 11.3 Å². The summed E-state index contributed by atoms with van der Waals surface area (Å²) in [5, 5.41) is 28.7. The molecule has 0 radical (unpaired) electrons. The third kappa shape index (κ3) is 4.42. The Labute approximate surface area is 171 Å². The minimum absolute atomic E-state index is 0.111. The van der Waals surface area contributed by atoms with E-state index in [2.05, 4.69) is 4.98 Å². The number of aromatic nitrogens is 1. The zero-order valence-corrected chi connectivity index (χ0v) is 16.4. The van der Waals surface area contributed by atoms with Gasteiger partial charge in [-0.3, -0.25) is 0 Å². The van der Waals surface area contributed by atoms with Crippen LogP contribution in [0, 0.1) is 24.1 Å². The number of aliphatic hydroxyl groups is 1. The van der Waals surface area contributed by atoms with Crippen LogP contribution in [-0.2, 0) is 6.42 Å². The number of hydrogen-bond donors (Lipinski definition) is 2. The number of rotatable bonds is 7. The summed E-state index contributed by atoms with van der Waals surface area (Å²) < 4.78 is 14.9. The van der Waals surface area contributed by atoms with Crippen molar-refractivity contribution >= 4 is 28.1 Å². The molecule has 1 heterocycles. The first-order valence-electron chi connectivity index (χ1n) is 8.79. The number of hydrogen-bond acceptors (Lipinski definition) is 6. The van der Waals surface area contributed by atoms with Crippen LogP contribution in [0.25, 0.3) is 0 Å². The van der Waals surface area contributed by atoms with E-state index < -0.39 is 17.8 Å². The van der Waals surface area contributed by atoms with Gasteiger partial charge in [0.25, 0.3) is 0 Å². The molecule has 0 aliphatic heterocycles. The van der Waals surface area contributed by atoms with Crippen molar-refractivity contribution in [2.24, 2.45) is 0 Å². The molecule has 0 aliphatic carbocycles. The van der Waals surface area contributed by atoms with Crippen LogP contribution in [0.3, 0.4) is 0 Å². The van der Waals surface area contributed by atoms with Crippen LogP contribution in [0.15, 0.2) is 48.5 Å². The number of carboxylic acids is 1. The SMILES string of the molecule is Cc1sc(N(c2ccc(C#N)cc2F)[C@@H](CO)Cc2ccccc2)nc1C(=O)O.